The maximum Gasteiger partial charge on any atom is 0.253 e. The van der Waals surface area contributed by atoms with Gasteiger partial charge in [0.15, 0.2) is 0 Å². The Kier molecular flexibility index (Phi) is 4.53. The minimum absolute atomic E-state index is 0.0140. The summed E-state index contributed by atoms with van der Waals surface area (Å²) in [4.78, 5) is 17.1. The Morgan fingerprint density at radius 3 is 2.35 bits per heavy atom. The second kappa shape index (κ2) is 6.84. The van der Waals surface area contributed by atoms with Crippen LogP contribution < -0.4 is 0 Å². The molecule has 0 saturated carbocycles. The van der Waals surface area contributed by atoms with E-state index in [4.69, 9.17) is 0 Å². The summed E-state index contributed by atoms with van der Waals surface area (Å²) in [7, 11) is 2.22. The number of halogens is 1. The van der Waals surface area contributed by atoms with Crippen LogP contribution in [0.3, 0.4) is 0 Å². The van der Waals surface area contributed by atoms with Gasteiger partial charge < -0.3 is 4.90 Å². The third kappa shape index (κ3) is 3.14. The summed E-state index contributed by atoms with van der Waals surface area (Å²) >= 11 is 0. The molecular weight excluding hydrogens is 327 g/mol. The summed E-state index contributed by atoms with van der Waals surface area (Å²) < 4.78 is 13.1. The SMILES string of the molecule is CN1CC(c2ccccc2)CC12CCN(C(=O)c1ccc(F)cc1)CC2. The topological polar surface area (TPSA) is 23.6 Å². The molecule has 26 heavy (non-hydrogen) atoms. The Morgan fingerprint density at radius 1 is 1.04 bits per heavy atom. The number of piperidine rings is 1. The van der Waals surface area contributed by atoms with Gasteiger partial charge in [0.2, 0.25) is 0 Å². The second-order valence-electron chi connectivity index (χ2n) is 7.72. The van der Waals surface area contributed by atoms with Crippen LogP contribution in [0.5, 0.6) is 0 Å². The first-order valence-electron chi connectivity index (χ1n) is 9.38. The summed E-state index contributed by atoms with van der Waals surface area (Å²) in [6.45, 7) is 2.61. The van der Waals surface area contributed by atoms with Crippen molar-refractivity contribution in [3.05, 3.63) is 71.5 Å². The highest BCUT2D eigenvalue weighted by Crippen LogP contribution is 2.44. The van der Waals surface area contributed by atoms with Crippen molar-refractivity contribution < 1.29 is 9.18 Å². The number of carbonyl (C=O) groups excluding carboxylic acids is 1. The highest BCUT2D eigenvalue weighted by atomic mass is 19.1. The molecule has 2 heterocycles. The quantitative estimate of drug-likeness (QED) is 0.818. The maximum atomic E-state index is 13.1. The maximum absolute atomic E-state index is 13.1. The summed E-state index contributed by atoms with van der Waals surface area (Å²) in [5, 5.41) is 0. The molecule has 4 heteroatoms. The van der Waals surface area contributed by atoms with Gasteiger partial charge in [-0.05, 0) is 62.1 Å². The predicted molar refractivity (Wildman–Crippen MR) is 101 cm³/mol. The van der Waals surface area contributed by atoms with Gasteiger partial charge in [-0.2, -0.15) is 0 Å². The van der Waals surface area contributed by atoms with Crippen molar-refractivity contribution in [2.45, 2.75) is 30.7 Å². The van der Waals surface area contributed by atoms with E-state index >= 15 is 0 Å². The Hall–Kier alpha value is -2.20. The Bertz CT molecular complexity index is 766. The molecule has 0 aliphatic carbocycles. The van der Waals surface area contributed by atoms with Crippen LogP contribution in [-0.4, -0.2) is 47.9 Å². The van der Waals surface area contributed by atoms with Gasteiger partial charge in [-0.15, -0.1) is 0 Å². The zero-order valence-electron chi connectivity index (χ0n) is 15.2. The number of likely N-dealkylation sites (N-methyl/N-ethyl adjacent to an activating group) is 1. The molecular formula is C22H25FN2O. The molecule has 136 valence electrons. The van der Waals surface area contributed by atoms with E-state index in [1.54, 1.807) is 12.1 Å². The molecule has 2 aliphatic rings. The first-order valence-corrected chi connectivity index (χ1v) is 9.38. The van der Waals surface area contributed by atoms with Crippen LogP contribution in [0.4, 0.5) is 4.39 Å². The molecule has 2 aromatic rings. The minimum Gasteiger partial charge on any atom is -0.339 e. The van der Waals surface area contributed by atoms with Crippen molar-refractivity contribution in [1.82, 2.24) is 9.80 Å². The normalized spacial score (nSPS) is 22.7. The number of hydrogen-bond donors (Lipinski definition) is 0. The summed E-state index contributed by atoms with van der Waals surface area (Å²) in [5.74, 6) is 0.277. The first-order chi connectivity index (χ1) is 12.6. The number of amides is 1. The standard InChI is InChI=1S/C22H25FN2O/c1-24-16-19(17-5-3-2-4-6-17)15-22(24)11-13-25(14-12-22)21(26)18-7-9-20(23)10-8-18/h2-10,19H,11-16H2,1H3. The summed E-state index contributed by atoms with van der Waals surface area (Å²) in [5.41, 5.74) is 2.19. The van der Waals surface area contributed by atoms with Crippen molar-refractivity contribution in [1.29, 1.82) is 0 Å². The van der Waals surface area contributed by atoms with E-state index in [-0.39, 0.29) is 17.3 Å². The lowest BCUT2D eigenvalue weighted by atomic mass is 9.81. The van der Waals surface area contributed by atoms with Gasteiger partial charge >= 0.3 is 0 Å². The Labute approximate surface area is 154 Å². The number of hydrogen-bond acceptors (Lipinski definition) is 2. The molecule has 0 bridgehead atoms. The van der Waals surface area contributed by atoms with Crippen LogP contribution in [0, 0.1) is 5.82 Å². The third-order valence-corrected chi connectivity index (χ3v) is 6.27. The molecule has 0 aromatic heterocycles. The van der Waals surface area contributed by atoms with Crippen molar-refractivity contribution in [2.24, 2.45) is 0 Å². The molecule has 2 fully saturated rings. The average Bonchev–Trinajstić information content (AvgIpc) is 2.99. The molecule has 2 aromatic carbocycles. The molecule has 1 amide bonds. The average molecular weight is 352 g/mol. The molecule has 4 rings (SSSR count). The van der Waals surface area contributed by atoms with E-state index < -0.39 is 0 Å². The van der Waals surface area contributed by atoms with Gasteiger partial charge in [-0.1, -0.05) is 30.3 Å². The molecule has 1 unspecified atom stereocenters. The van der Waals surface area contributed by atoms with E-state index in [0.29, 0.717) is 11.5 Å². The van der Waals surface area contributed by atoms with Gasteiger partial charge in [0, 0.05) is 30.7 Å². The van der Waals surface area contributed by atoms with Gasteiger partial charge in [0.05, 0.1) is 0 Å². The number of benzene rings is 2. The summed E-state index contributed by atoms with van der Waals surface area (Å²) in [6.07, 6.45) is 3.16. The number of carbonyl (C=O) groups is 1. The molecule has 0 radical (unpaired) electrons. The van der Waals surface area contributed by atoms with Crippen LogP contribution in [0.1, 0.15) is 41.1 Å². The molecule has 1 atom stereocenters. The molecule has 2 saturated heterocycles. The van der Waals surface area contributed by atoms with E-state index in [1.807, 2.05) is 4.90 Å². The fourth-order valence-corrected chi connectivity index (χ4v) is 4.64. The van der Waals surface area contributed by atoms with E-state index in [9.17, 15) is 9.18 Å². The van der Waals surface area contributed by atoms with E-state index in [1.165, 1.54) is 17.7 Å². The van der Waals surface area contributed by atoms with Crippen LogP contribution in [0.15, 0.2) is 54.6 Å². The van der Waals surface area contributed by atoms with Crippen LogP contribution in [0.25, 0.3) is 0 Å². The largest absolute Gasteiger partial charge is 0.339 e. The zero-order valence-corrected chi connectivity index (χ0v) is 15.2. The molecule has 3 nitrogen and oxygen atoms in total. The fourth-order valence-electron chi connectivity index (χ4n) is 4.64. The highest BCUT2D eigenvalue weighted by molar-refractivity contribution is 5.94. The number of nitrogens with zero attached hydrogens (tertiary/aromatic N) is 2. The number of rotatable bonds is 2. The van der Waals surface area contributed by atoms with Crippen molar-refractivity contribution in [3.63, 3.8) is 0 Å². The number of likely N-dealkylation sites (tertiary alicyclic amines) is 2. The van der Waals surface area contributed by atoms with Gasteiger partial charge in [-0.3, -0.25) is 9.69 Å². The molecule has 1 spiro atoms. The van der Waals surface area contributed by atoms with Crippen molar-refractivity contribution >= 4 is 5.91 Å². The van der Waals surface area contributed by atoms with E-state index in [0.717, 1.165) is 38.9 Å². The monoisotopic (exact) mass is 352 g/mol. The van der Waals surface area contributed by atoms with Crippen LogP contribution in [0.2, 0.25) is 0 Å². The second-order valence-corrected chi connectivity index (χ2v) is 7.72. The third-order valence-electron chi connectivity index (χ3n) is 6.27. The lowest BCUT2D eigenvalue weighted by Gasteiger charge is -2.43. The lowest BCUT2D eigenvalue weighted by molar-refractivity contribution is 0.0492. The van der Waals surface area contributed by atoms with Gasteiger partial charge in [-0.25, -0.2) is 4.39 Å². The smallest absolute Gasteiger partial charge is 0.253 e. The van der Waals surface area contributed by atoms with Crippen molar-refractivity contribution in [3.8, 4) is 0 Å². The predicted octanol–water partition coefficient (Wildman–Crippen LogP) is 3.92. The van der Waals surface area contributed by atoms with Crippen LogP contribution in [-0.2, 0) is 0 Å². The molecule has 2 aliphatic heterocycles. The first kappa shape index (κ1) is 17.2. The zero-order chi connectivity index (χ0) is 18.1. The van der Waals surface area contributed by atoms with Crippen LogP contribution >= 0.6 is 0 Å². The highest BCUT2D eigenvalue weighted by Gasteiger charge is 2.46. The lowest BCUT2D eigenvalue weighted by Crippen LogP contribution is -2.52. The molecule has 0 N–H and O–H groups in total. The van der Waals surface area contributed by atoms with E-state index in [2.05, 4.69) is 42.3 Å². The fraction of sp³-hybridized carbons (Fsp3) is 0.409. The van der Waals surface area contributed by atoms with Gasteiger partial charge in [0.25, 0.3) is 5.91 Å². The Morgan fingerprint density at radius 2 is 1.69 bits per heavy atom. The minimum atomic E-state index is -0.307. The summed E-state index contributed by atoms with van der Waals surface area (Å²) in [6, 6.07) is 16.6. The van der Waals surface area contributed by atoms with Gasteiger partial charge in [0.1, 0.15) is 5.82 Å². The van der Waals surface area contributed by atoms with Crippen molar-refractivity contribution in [2.75, 3.05) is 26.7 Å². The Balaban J connectivity index is 1.43.